The Hall–Kier alpha value is -3.09. The van der Waals surface area contributed by atoms with E-state index in [4.69, 9.17) is 9.47 Å². The number of nitrogens with zero attached hydrogens (tertiary/aromatic N) is 3. The Labute approximate surface area is 144 Å². The van der Waals surface area contributed by atoms with Gasteiger partial charge in [0.05, 0.1) is 0 Å². The number of amides is 2. The van der Waals surface area contributed by atoms with Crippen LogP contribution in [0.15, 0.2) is 42.7 Å². The zero-order chi connectivity index (χ0) is 17.2. The summed E-state index contributed by atoms with van der Waals surface area (Å²) in [4.78, 5) is 32.1. The molecular formula is C18H17N3O4. The van der Waals surface area contributed by atoms with E-state index in [0.717, 1.165) is 11.3 Å². The van der Waals surface area contributed by atoms with Crippen molar-refractivity contribution in [1.82, 2.24) is 14.8 Å². The molecule has 1 aromatic carbocycles. The second-order valence-electron chi connectivity index (χ2n) is 5.97. The minimum Gasteiger partial charge on any atom is -0.454 e. The Balaban J connectivity index is 1.40. The van der Waals surface area contributed by atoms with Crippen LogP contribution in [-0.2, 0) is 11.3 Å². The Morgan fingerprint density at radius 3 is 2.68 bits per heavy atom. The lowest BCUT2D eigenvalue weighted by molar-refractivity contribution is -0.135. The summed E-state index contributed by atoms with van der Waals surface area (Å²) in [7, 11) is 0. The van der Waals surface area contributed by atoms with E-state index in [9.17, 15) is 9.59 Å². The van der Waals surface area contributed by atoms with E-state index in [0.29, 0.717) is 30.9 Å². The quantitative estimate of drug-likeness (QED) is 0.843. The highest BCUT2D eigenvalue weighted by atomic mass is 16.7. The van der Waals surface area contributed by atoms with Gasteiger partial charge in [-0.05, 0) is 29.8 Å². The Kier molecular flexibility index (Phi) is 3.97. The third-order valence-corrected chi connectivity index (χ3v) is 4.34. The van der Waals surface area contributed by atoms with E-state index in [1.54, 1.807) is 34.3 Å². The van der Waals surface area contributed by atoms with Gasteiger partial charge in [0.15, 0.2) is 11.5 Å². The van der Waals surface area contributed by atoms with Gasteiger partial charge in [-0.2, -0.15) is 0 Å². The molecule has 2 aliphatic rings. The molecule has 25 heavy (non-hydrogen) atoms. The highest BCUT2D eigenvalue weighted by Crippen LogP contribution is 2.32. The van der Waals surface area contributed by atoms with Crippen molar-refractivity contribution in [2.45, 2.75) is 6.54 Å². The fraction of sp³-hybridized carbons (Fsp3) is 0.278. The number of fused-ring (bicyclic) bond motifs is 1. The Morgan fingerprint density at radius 2 is 1.88 bits per heavy atom. The van der Waals surface area contributed by atoms with Crippen LogP contribution < -0.4 is 9.47 Å². The number of carbonyl (C=O) groups is 2. The van der Waals surface area contributed by atoms with Gasteiger partial charge in [0.1, 0.15) is 6.54 Å². The van der Waals surface area contributed by atoms with Crippen LogP contribution in [0, 0.1) is 0 Å². The van der Waals surface area contributed by atoms with E-state index in [-0.39, 0.29) is 25.2 Å². The van der Waals surface area contributed by atoms with E-state index in [2.05, 4.69) is 4.98 Å². The summed E-state index contributed by atoms with van der Waals surface area (Å²) in [5.41, 5.74) is 1.53. The largest absolute Gasteiger partial charge is 0.454 e. The normalized spacial score (nSPS) is 16.2. The standard InChI is InChI=1S/C18H17N3O4/c22-17-11-21(18(23)14-3-5-19-6-4-14)8-7-20(17)10-13-1-2-15-16(9-13)25-12-24-15/h1-6,9H,7-8,10-12H2. The topological polar surface area (TPSA) is 72.0 Å². The average molecular weight is 339 g/mol. The van der Waals surface area contributed by atoms with Gasteiger partial charge in [-0.25, -0.2) is 0 Å². The highest BCUT2D eigenvalue weighted by Gasteiger charge is 2.28. The first-order valence-corrected chi connectivity index (χ1v) is 8.06. The van der Waals surface area contributed by atoms with Gasteiger partial charge in [0, 0.05) is 37.6 Å². The Bertz CT molecular complexity index is 809. The van der Waals surface area contributed by atoms with Crippen molar-refractivity contribution in [3.8, 4) is 11.5 Å². The van der Waals surface area contributed by atoms with Crippen LogP contribution in [0.5, 0.6) is 11.5 Å². The summed E-state index contributed by atoms with van der Waals surface area (Å²) in [6.45, 7) is 1.83. The van der Waals surface area contributed by atoms with Crippen molar-refractivity contribution >= 4 is 11.8 Å². The van der Waals surface area contributed by atoms with E-state index in [1.165, 1.54) is 0 Å². The minimum absolute atomic E-state index is 0.0636. The van der Waals surface area contributed by atoms with Crippen LogP contribution in [0.3, 0.4) is 0 Å². The van der Waals surface area contributed by atoms with Gasteiger partial charge in [0.2, 0.25) is 12.7 Å². The van der Waals surface area contributed by atoms with Crippen molar-refractivity contribution in [3.05, 3.63) is 53.9 Å². The molecule has 0 bridgehead atoms. The van der Waals surface area contributed by atoms with Gasteiger partial charge in [-0.1, -0.05) is 6.07 Å². The van der Waals surface area contributed by atoms with E-state index >= 15 is 0 Å². The zero-order valence-corrected chi connectivity index (χ0v) is 13.6. The third-order valence-electron chi connectivity index (χ3n) is 4.34. The molecule has 7 heteroatoms. The van der Waals surface area contributed by atoms with Gasteiger partial charge >= 0.3 is 0 Å². The molecule has 1 saturated heterocycles. The summed E-state index contributed by atoms with van der Waals surface area (Å²) in [6, 6.07) is 8.99. The van der Waals surface area contributed by atoms with Gasteiger partial charge in [-0.3, -0.25) is 14.6 Å². The van der Waals surface area contributed by atoms with Crippen LogP contribution in [0.1, 0.15) is 15.9 Å². The molecule has 0 N–H and O–H groups in total. The zero-order valence-electron chi connectivity index (χ0n) is 13.6. The molecule has 2 aromatic rings. The molecule has 0 unspecified atom stereocenters. The first-order valence-electron chi connectivity index (χ1n) is 8.06. The van der Waals surface area contributed by atoms with E-state index in [1.807, 2.05) is 18.2 Å². The average Bonchev–Trinajstić information content (AvgIpc) is 3.11. The molecule has 7 nitrogen and oxygen atoms in total. The van der Waals surface area contributed by atoms with Crippen molar-refractivity contribution in [3.63, 3.8) is 0 Å². The van der Waals surface area contributed by atoms with Crippen LogP contribution in [0.2, 0.25) is 0 Å². The predicted octanol–water partition coefficient (Wildman–Crippen LogP) is 1.29. The summed E-state index contributed by atoms with van der Waals surface area (Å²) >= 11 is 0. The molecule has 1 fully saturated rings. The smallest absolute Gasteiger partial charge is 0.254 e. The molecule has 0 atom stereocenters. The van der Waals surface area contributed by atoms with Crippen molar-refractivity contribution in [2.75, 3.05) is 26.4 Å². The lowest BCUT2D eigenvalue weighted by atomic mass is 10.1. The number of carbonyl (C=O) groups excluding carboxylic acids is 2. The first kappa shape index (κ1) is 15.4. The molecular weight excluding hydrogens is 322 g/mol. The number of rotatable bonds is 3. The second kappa shape index (κ2) is 6.43. The monoisotopic (exact) mass is 339 g/mol. The molecule has 2 amide bonds. The van der Waals surface area contributed by atoms with Gasteiger partial charge < -0.3 is 19.3 Å². The van der Waals surface area contributed by atoms with Gasteiger partial charge in [0.25, 0.3) is 5.91 Å². The number of ether oxygens (including phenoxy) is 2. The van der Waals surface area contributed by atoms with Crippen LogP contribution in [0.4, 0.5) is 0 Å². The number of hydrogen-bond acceptors (Lipinski definition) is 5. The van der Waals surface area contributed by atoms with Crippen molar-refractivity contribution < 1.29 is 19.1 Å². The molecule has 3 heterocycles. The summed E-state index contributed by atoms with van der Waals surface area (Å²) in [5, 5.41) is 0. The third kappa shape index (κ3) is 3.13. The van der Waals surface area contributed by atoms with Gasteiger partial charge in [-0.15, -0.1) is 0 Å². The summed E-state index contributed by atoms with van der Waals surface area (Å²) in [6.07, 6.45) is 3.15. The van der Waals surface area contributed by atoms with E-state index < -0.39 is 0 Å². The summed E-state index contributed by atoms with van der Waals surface area (Å²) < 4.78 is 10.7. The van der Waals surface area contributed by atoms with Crippen LogP contribution >= 0.6 is 0 Å². The van der Waals surface area contributed by atoms with Crippen molar-refractivity contribution in [2.24, 2.45) is 0 Å². The maximum Gasteiger partial charge on any atom is 0.254 e. The number of piperazine rings is 1. The van der Waals surface area contributed by atoms with Crippen LogP contribution in [0.25, 0.3) is 0 Å². The second-order valence-corrected chi connectivity index (χ2v) is 5.97. The lowest BCUT2D eigenvalue weighted by Gasteiger charge is -2.34. The molecule has 0 aliphatic carbocycles. The number of pyridine rings is 1. The molecule has 2 aliphatic heterocycles. The number of benzene rings is 1. The SMILES string of the molecule is O=C1CN(C(=O)c2ccncc2)CCN1Cc1ccc2c(c1)OCO2. The molecule has 128 valence electrons. The molecule has 4 rings (SSSR count). The molecule has 0 radical (unpaired) electrons. The minimum atomic E-state index is -0.140. The number of aromatic nitrogens is 1. The highest BCUT2D eigenvalue weighted by molar-refractivity contribution is 5.96. The lowest BCUT2D eigenvalue weighted by Crippen LogP contribution is -2.51. The first-order chi connectivity index (χ1) is 12.2. The maximum atomic E-state index is 12.4. The molecule has 0 spiro atoms. The summed E-state index contributed by atoms with van der Waals surface area (Å²) in [5.74, 6) is 1.23. The Morgan fingerprint density at radius 1 is 1.08 bits per heavy atom. The number of hydrogen-bond donors (Lipinski definition) is 0. The fourth-order valence-corrected chi connectivity index (χ4v) is 2.99. The maximum absolute atomic E-state index is 12.4. The molecule has 0 saturated carbocycles. The molecule has 1 aromatic heterocycles. The van der Waals surface area contributed by atoms with Crippen LogP contribution in [-0.4, -0.2) is 53.0 Å². The fourth-order valence-electron chi connectivity index (χ4n) is 2.99. The van der Waals surface area contributed by atoms with Crippen molar-refractivity contribution in [1.29, 1.82) is 0 Å². The predicted molar refractivity (Wildman–Crippen MR) is 88.1 cm³/mol.